The number of piperidine rings is 1. The molecule has 3 amide bonds. The number of nitrogens with one attached hydrogen (secondary N) is 1. The standard InChI is InChI=1S/C25H38N4O3/c1-20(30)29-15-6-14-28(25(32)10-9-21-11-16-27(2)17-12-21)18-13-26-24(31)19-23(29)22-7-4-3-5-8-22/h3-5,7-8,21,23H,6,9-19H2,1-2H3,(H,26,31). The Kier molecular flexibility index (Phi) is 9.09. The van der Waals surface area contributed by atoms with E-state index in [0.717, 1.165) is 37.9 Å². The molecule has 2 aliphatic heterocycles. The molecule has 2 aliphatic rings. The van der Waals surface area contributed by atoms with Crippen LogP contribution in [0.3, 0.4) is 0 Å². The molecule has 2 heterocycles. The van der Waals surface area contributed by atoms with Gasteiger partial charge in [-0.3, -0.25) is 14.4 Å². The van der Waals surface area contributed by atoms with Gasteiger partial charge in [-0.15, -0.1) is 0 Å². The molecular weight excluding hydrogens is 404 g/mol. The molecule has 1 aromatic carbocycles. The number of likely N-dealkylation sites (tertiary alicyclic amines) is 1. The molecular formula is C25H38N4O3. The fourth-order valence-corrected chi connectivity index (χ4v) is 4.82. The number of carbonyl (C=O) groups is 3. The summed E-state index contributed by atoms with van der Waals surface area (Å²) in [6.07, 6.45) is 4.75. The van der Waals surface area contributed by atoms with Gasteiger partial charge >= 0.3 is 0 Å². The number of benzene rings is 1. The van der Waals surface area contributed by atoms with Gasteiger partial charge in [0.05, 0.1) is 12.5 Å². The van der Waals surface area contributed by atoms with E-state index in [2.05, 4.69) is 17.3 Å². The van der Waals surface area contributed by atoms with Crippen molar-refractivity contribution < 1.29 is 14.4 Å². The molecule has 176 valence electrons. The molecule has 2 fully saturated rings. The van der Waals surface area contributed by atoms with Gasteiger partial charge in [0, 0.05) is 39.5 Å². The van der Waals surface area contributed by atoms with E-state index in [4.69, 9.17) is 0 Å². The minimum atomic E-state index is -0.291. The molecule has 1 N–H and O–H groups in total. The minimum Gasteiger partial charge on any atom is -0.354 e. The van der Waals surface area contributed by atoms with Crippen LogP contribution in [0.5, 0.6) is 0 Å². The quantitative estimate of drug-likeness (QED) is 0.777. The van der Waals surface area contributed by atoms with Crippen molar-refractivity contribution >= 4 is 17.7 Å². The summed E-state index contributed by atoms with van der Waals surface area (Å²) in [5.74, 6) is 0.641. The summed E-state index contributed by atoms with van der Waals surface area (Å²) in [6, 6.07) is 9.43. The molecule has 7 nitrogen and oxygen atoms in total. The number of rotatable bonds is 4. The minimum absolute atomic E-state index is 0.0500. The molecule has 32 heavy (non-hydrogen) atoms. The number of hydrogen-bond acceptors (Lipinski definition) is 4. The first-order valence-electron chi connectivity index (χ1n) is 12.0. The zero-order valence-electron chi connectivity index (χ0n) is 19.6. The lowest BCUT2D eigenvalue weighted by Gasteiger charge is -2.31. The van der Waals surface area contributed by atoms with E-state index in [9.17, 15) is 14.4 Å². The Morgan fingerprint density at radius 3 is 2.44 bits per heavy atom. The number of nitrogens with zero attached hydrogens (tertiary/aromatic N) is 3. The van der Waals surface area contributed by atoms with E-state index in [-0.39, 0.29) is 30.2 Å². The van der Waals surface area contributed by atoms with Crippen molar-refractivity contribution in [2.24, 2.45) is 5.92 Å². The molecule has 0 aliphatic carbocycles. The number of carbonyl (C=O) groups excluding carboxylic acids is 3. The predicted octanol–water partition coefficient (Wildman–Crippen LogP) is 2.44. The highest BCUT2D eigenvalue weighted by Gasteiger charge is 2.27. The van der Waals surface area contributed by atoms with Crippen LogP contribution in [-0.4, -0.2) is 78.7 Å². The summed E-state index contributed by atoms with van der Waals surface area (Å²) in [6.45, 7) is 5.87. The monoisotopic (exact) mass is 442 g/mol. The van der Waals surface area contributed by atoms with Crippen molar-refractivity contribution in [1.82, 2.24) is 20.0 Å². The lowest BCUT2D eigenvalue weighted by molar-refractivity contribution is -0.133. The van der Waals surface area contributed by atoms with Gasteiger partial charge in [-0.2, -0.15) is 0 Å². The molecule has 0 bridgehead atoms. The zero-order valence-corrected chi connectivity index (χ0v) is 19.6. The Hall–Kier alpha value is -2.41. The maximum atomic E-state index is 13.0. The molecule has 0 spiro atoms. The SMILES string of the molecule is CC(=O)N1CCCN(C(=O)CCC2CCN(C)CC2)CCNC(=O)CC1c1ccccc1. The van der Waals surface area contributed by atoms with Crippen LogP contribution >= 0.6 is 0 Å². The van der Waals surface area contributed by atoms with Gasteiger partial charge in [0.25, 0.3) is 0 Å². The first-order valence-corrected chi connectivity index (χ1v) is 12.0. The third-order valence-electron chi connectivity index (χ3n) is 6.83. The van der Waals surface area contributed by atoms with Crippen LogP contribution in [0.2, 0.25) is 0 Å². The smallest absolute Gasteiger partial charge is 0.222 e. The molecule has 0 aromatic heterocycles. The van der Waals surface area contributed by atoms with E-state index in [1.165, 1.54) is 0 Å². The van der Waals surface area contributed by atoms with E-state index < -0.39 is 0 Å². The maximum Gasteiger partial charge on any atom is 0.222 e. The second-order valence-electron chi connectivity index (χ2n) is 9.21. The van der Waals surface area contributed by atoms with E-state index in [1.807, 2.05) is 35.2 Å². The summed E-state index contributed by atoms with van der Waals surface area (Å²) in [5.41, 5.74) is 0.961. The van der Waals surface area contributed by atoms with Crippen LogP contribution in [0.15, 0.2) is 30.3 Å². The van der Waals surface area contributed by atoms with Gasteiger partial charge in [0.2, 0.25) is 17.7 Å². The van der Waals surface area contributed by atoms with E-state index in [1.54, 1.807) is 11.8 Å². The third kappa shape index (κ3) is 7.05. The van der Waals surface area contributed by atoms with Gasteiger partial charge in [-0.25, -0.2) is 0 Å². The molecule has 1 aromatic rings. The van der Waals surface area contributed by atoms with Crippen LogP contribution in [0.4, 0.5) is 0 Å². The van der Waals surface area contributed by atoms with Crippen molar-refractivity contribution in [1.29, 1.82) is 0 Å². The van der Waals surface area contributed by atoms with Gasteiger partial charge in [0.1, 0.15) is 0 Å². The Balaban J connectivity index is 1.62. The fraction of sp³-hybridized carbons (Fsp3) is 0.640. The first-order chi connectivity index (χ1) is 15.4. The van der Waals surface area contributed by atoms with Crippen LogP contribution in [0, 0.1) is 5.92 Å². The van der Waals surface area contributed by atoms with Crippen molar-refractivity contribution in [2.75, 3.05) is 46.3 Å². The third-order valence-corrected chi connectivity index (χ3v) is 6.83. The lowest BCUT2D eigenvalue weighted by atomic mass is 9.92. The summed E-state index contributed by atoms with van der Waals surface area (Å²) in [4.78, 5) is 44.1. The Morgan fingerprint density at radius 2 is 1.75 bits per heavy atom. The molecule has 7 heteroatoms. The Bertz CT molecular complexity index is 762. The second-order valence-corrected chi connectivity index (χ2v) is 9.21. The highest BCUT2D eigenvalue weighted by atomic mass is 16.2. The normalized spacial score (nSPS) is 22.2. The molecule has 0 radical (unpaired) electrons. The Morgan fingerprint density at radius 1 is 1.03 bits per heavy atom. The first kappa shape index (κ1) is 24.2. The fourth-order valence-electron chi connectivity index (χ4n) is 4.82. The average molecular weight is 443 g/mol. The van der Waals surface area contributed by atoms with Crippen LogP contribution in [-0.2, 0) is 14.4 Å². The molecule has 1 atom stereocenters. The van der Waals surface area contributed by atoms with Crippen molar-refractivity contribution in [3.05, 3.63) is 35.9 Å². The van der Waals surface area contributed by atoms with Crippen LogP contribution in [0.25, 0.3) is 0 Å². The summed E-state index contributed by atoms with van der Waals surface area (Å²) < 4.78 is 0. The second kappa shape index (κ2) is 12.0. The number of hydrogen-bond donors (Lipinski definition) is 1. The topological polar surface area (TPSA) is 73.0 Å². The van der Waals surface area contributed by atoms with E-state index in [0.29, 0.717) is 44.9 Å². The van der Waals surface area contributed by atoms with Crippen molar-refractivity contribution in [3.63, 3.8) is 0 Å². The van der Waals surface area contributed by atoms with Crippen molar-refractivity contribution in [3.8, 4) is 0 Å². The lowest BCUT2D eigenvalue weighted by Crippen LogP contribution is -2.39. The molecule has 3 rings (SSSR count). The summed E-state index contributed by atoms with van der Waals surface area (Å²) in [7, 11) is 2.15. The molecule has 0 saturated carbocycles. The molecule has 1 unspecified atom stereocenters. The highest BCUT2D eigenvalue weighted by Crippen LogP contribution is 2.26. The largest absolute Gasteiger partial charge is 0.354 e. The van der Waals surface area contributed by atoms with Gasteiger partial charge in [0.15, 0.2) is 0 Å². The van der Waals surface area contributed by atoms with Crippen molar-refractivity contribution in [2.45, 2.75) is 51.5 Å². The van der Waals surface area contributed by atoms with Crippen LogP contribution < -0.4 is 5.32 Å². The van der Waals surface area contributed by atoms with Gasteiger partial charge in [-0.1, -0.05) is 30.3 Å². The van der Waals surface area contributed by atoms with Gasteiger partial charge < -0.3 is 20.0 Å². The zero-order chi connectivity index (χ0) is 22.9. The molecule has 2 saturated heterocycles. The summed E-state index contributed by atoms with van der Waals surface area (Å²) >= 11 is 0. The maximum absolute atomic E-state index is 13.0. The highest BCUT2D eigenvalue weighted by molar-refractivity contribution is 5.79. The predicted molar refractivity (Wildman–Crippen MR) is 125 cm³/mol. The van der Waals surface area contributed by atoms with Crippen LogP contribution in [0.1, 0.15) is 57.1 Å². The van der Waals surface area contributed by atoms with E-state index >= 15 is 0 Å². The van der Waals surface area contributed by atoms with Gasteiger partial charge in [-0.05, 0) is 57.3 Å². The summed E-state index contributed by atoms with van der Waals surface area (Å²) in [5, 5.41) is 2.96. The average Bonchev–Trinajstić information content (AvgIpc) is 2.82. The Labute approximate surface area is 192 Å². The number of amides is 3.